The topological polar surface area (TPSA) is 75.1 Å². The minimum atomic E-state index is -0.984. The molecule has 2 N–H and O–H groups in total. The highest BCUT2D eigenvalue weighted by Crippen LogP contribution is 2.19. The largest absolute Gasteiger partial charge is 0.478 e. The Balaban J connectivity index is 2.06. The number of aromatic nitrogens is 2. The minimum absolute atomic E-state index is 0.161. The summed E-state index contributed by atoms with van der Waals surface area (Å²) in [6.45, 7) is 1.69. The van der Waals surface area contributed by atoms with E-state index in [9.17, 15) is 4.79 Å². The third-order valence-corrected chi connectivity index (χ3v) is 3.92. The van der Waals surface area contributed by atoms with E-state index in [-0.39, 0.29) is 5.56 Å². The van der Waals surface area contributed by atoms with Gasteiger partial charge in [0, 0.05) is 18.0 Å². The summed E-state index contributed by atoms with van der Waals surface area (Å²) in [7, 11) is 0. The molecule has 1 saturated heterocycles. The summed E-state index contributed by atoms with van der Waals surface area (Å²) in [5.41, 5.74) is 0.659. The quantitative estimate of drug-likeness (QED) is 0.855. The Hall–Kier alpha value is -1.30. The number of hydrogen-bond donors (Lipinski definition) is 2. The Morgan fingerprint density at radius 2 is 2.47 bits per heavy atom. The van der Waals surface area contributed by atoms with Crippen LogP contribution < -0.4 is 5.32 Å². The fourth-order valence-corrected chi connectivity index (χ4v) is 2.86. The number of carboxylic acids is 1. The van der Waals surface area contributed by atoms with Gasteiger partial charge in [0.15, 0.2) is 0 Å². The predicted molar refractivity (Wildman–Crippen MR) is 67.7 cm³/mol. The van der Waals surface area contributed by atoms with Crippen molar-refractivity contribution in [1.29, 1.82) is 0 Å². The summed E-state index contributed by atoms with van der Waals surface area (Å²) >= 11 is 1.92. The molecule has 0 aromatic carbocycles. The lowest BCUT2D eigenvalue weighted by Crippen LogP contribution is -2.27. The third-order valence-electron chi connectivity index (χ3n) is 2.70. The third kappa shape index (κ3) is 3.09. The Morgan fingerprint density at radius 3 is 3.06 bits per heavy atom. The molecule has 1 aliphatic rings. The second-order valence-electron chi connectivity index (χ2n) is 4.06. The van der Waals surface area contributed by atoms with E-state index >= 15 is 0 Å². The van der Waals surface area contributed by atoms with Crippen LogP contribution in [0.25, 0.3) is 0 Å². The van der Waals surface area contributed by atoms with Gasteiger partial charge >= 0.3 is 5.97 Å². The van der Waals surface area contributed by atoms with E-state index in [0.29, 0.717) is 17.7 Å². The van der Waals surface area contributed by atoms with Crippen molar-refractivity contribution in [2.24, 2.45) is 0 Å². The van der Waals surface area contributed by atoms with Crippen LogP contribution in [0.2, 0.25) is 0 Å². The van der Waals surface area contributed by atoms with E-state index in [1.54, 1.807) is 6.92 Å². The molecule has 0 amide bonds. The zero-order chi connectivity index (χ0) is 12.3. The number of rotatable bonds is 3. The molecule has 1 atom stereocenters. The summed E-state index contributed by atoms with van der Waals surface area (Å²) < 4.78 is 0. The monoisotopic (exact) mass is 253 g/mol. The highest BCUT2D eigenvalue weighted by Gasteiger charge is 2.15. The van der Waals surface area contributed by atoms with Crippen LogP contribution in [0.4, 0.5) is 5.95 Å². The van der Waals surface area contributed by atoms with E-state index < -0.39 is 5.97 Å². The summed E-state index contributed by atoms with van der Waals surface area (Å²) in [5.74, 6) is 1.82. The van der Waals surface area contributed by atoms with Gasteiger partial charge in [-0.05, 0) is 25.5 Å². The van der Waals surface area contributed by atoms with Crippen LogP contribution in [0.15, 0.2) is 6.20 Å². The normalized spacial score (nSPS) is 19.9. The van der Waals surface area contributed by atoms with Gasteiger partial charge in [0.2, 0.25) is 5.95 Å². The first-order valence-electron chi connectivity index (χ1n) is 5.58. The number of carboxylic acid groups (broad SMARTS) is 1. The van der Waals surface area contributed by atoms with Crippen molar-refractivity contribution in [1.82, 2.24) is 9.97 Å². The second kappa shape index (κ2) is 5.35. The first-order chi connectivity index (χ1) is 8.16. The number of hydrogen-bond acceptors (Lipinski definition) is 5. The van der Waals surface area contributed by atoms with E-state index in [1.807, 2.05) is 11.8 Å². The molecule has 0 aliphatic carbocycles. The summed E-state index contributed by atoms with van der Waals surface area (Å²) in [6, 6.07) is 0.392. The van der Waals surface area contributed by atoms with Gasteiger partial charge in [-0.3, -0.25) is 0 Å². The minimum Gasteiger partial charge on any atom is -0.478 e. The molecule has 92 valence electrons. The van der Waals surface area contributed by atoms with E-state index in [0.717, 1.165) is 12.2 Å². The Labute approximate surface area is 104 Å². The number of nitrogens with one attached hydrogen (secondary N) is 1. The van der Waals surface area contributed by atoms with Gasteiger partial charge in [0.25, 0.3) is 0 Å². The smallest absolute Gasteiger partial charge is 0.339 e. The number of thioether (sulfide) groups is 1. The molecule has 2 heterocycles. The van der Waals surface area contributed by atoms with Gasteiger partial charge in [-0.2, -0.15) is 11.8 Å². The number of carbonyl (C=O) groups is 1. The molecule has 1 unspecified atom stereocenters. The van der Waals surface area contributed by atoms with Crippen molar-refractivity contribution < 1.29 is 9.90 Å². The summed E-state index contributed by atoms with van der Waals surface area (Å²) in [4.78, 5) is 19.0. The molecule has 5 nitrogen and oxygen atoms in total. The molecule has 2 rings (SSSR count). The highest BCUT2D eigenvalue weighted by molar-refractivity contribution is 7.99. The van der Waals surface area contributed by atoms with Crippen LogP contribution in [-0.2, 0) is 0 Å². The lowest BCUT2D eigenvalue weighted by atomic mass is 10.2. The van der Waals surface area contributed by atoms with Gasteiger partial charge in [-0.15, -0.1) is 0 Å². The van der Waals surface area contributed by atoms with Crippen LogP contribution >= 0.6 is 11.8 Å². The van der Waals surface area contributed by atoms with Crippen molar-refractivity contribution in [3.8, 4) is 0 Å². The molecule has 0 saturated carbocycles. The van der Waals surface area contributed by atoms with Crippen LogP contribution in [0.3, 0.4) is 0 Å². The van der Waals surface area contributed by atoms with Crippen molar-refractivity contribution in [3.05, 3.63) is 17.5 Å². The van der Waals surface area contributed by atoms with E-state index in [4.69, 9.17) is 5.11 Å². The maximum atomic E-state index is 10.8. The zero-order valence-corrected chi connectivity index (χ0v) is 10.5. The molecule has 1 aromatic heterocycles. The molecule has 6 heteroatoms. The maximum Gasteiger partial charge on any atom is 0.339 e. The summed E-state index contributed by atoms with van der Waals surface area (Å²) in [6.07, 6.45) is 3.69. The molecule has 1 aromatic rings. The van der Waals surface area contributed by atoms with E-state index in [2.05, 4.69) is 15.3 Å². The molecule has 0 spiro atoms. The predicted octanol–water partition coefficient (Wildman–Crippen LogP) is 1.79. The molecule has 17 heavy (non-hydrogen) atoms. The van der Waals surface area contributed by atoms with Crippen LogP contribution in [0.5, 0.6) is 0 Å². The van der Waals surface area contributed by atoms with Gasteiger partial charge in [-0.25, -0.2) is 14.8 Å². The van der Waals surface area contributed by atoms with Gasteiger partial charge in [-0.1, -0.05) is 0 Å². The number of nitrogens with zero attached hydrogens (tertiary/aromatic N) is 2. The van der Waals surface area contributed by atoms with Gasteiger partial charge in [0.05, 0.1) is 11.3 Å². The molecular formula is C11H15N3O2S. The Bertz CT molecular complexity index is 419. The standard InChI is InChI=1S/C11H15N3O2S/c1-7-9(10(15)16)5-12-11(13-7)14-8-3-2-4-17-6-8/h5,8H,2-4,6H2,1H3,(H,15,16)(H,12,13,14). The number of aromatic carboxylic acids is 1. The van der Waals surface area contributed by atoms with Gasteiger partial charge in [0.1, 0.15) is 0 Å². The molecule has 1 aliphatic heterocycles. The SMILES string of the molecule is Cc1nc(NC2CCCSC2)ncc1C(=O)O. The zero-order valence-electron chi connectivity index (χ0n) is 9.64. The number of aryl methyl sites for hydroxylation is 1. The van der Waals surface area contributed by atoms with Crippen molar-refractivity contribution in [2.75, 3.05) is 16.8 Å². The summed E-state index contributed by atoms with van der Waals surface area (Å²) in [5, 5.41) is 12.1. The van der Waals surface area contributed by atoms with Crippen LogP contribution in [0, 0.1) is 6.92 Å². The fraction of sp³-hybridized carbons (Fsp3) is 0.545. The fourth-order valence-electron chi connectivity index (χ4n) is 1.78. The van der Waals surface area contributed by atoms with Crippen LogP contribution in [0.1, 0.15) is 28.9 Å². The van der Waals surface area contributed by atoms with Crippen molar-refractivity contribution in [2.45, 2.75) is 25.8 Å². The molecular weight excluding hydrogens is 238 g/mol. The van der Waals surface area contributed by atoms with E-state index in [1.165, 1.54) is 18.4 Å². The average molecular weight is 253 g/mol. The first-order valence-corrected chi connectivity index (χ1v) is 6.73. The lowest BCUT2D eigenvalue weighted by Gasteiger charge is -2.22. The molecule has 0 bridgehead atoms. The number of anilines is 1. The van der Waals surface area contributed by atoms with Crippen molar-refractivity contribution in [3.63, 3.8) is 0 Å². The maximum absolute atomic E-state index is 10.8. The van der Waals surface area contributed by atoms with Gasteiger partial charge < -0.3 is 10.4 Å². The average Bonchev–Trinajstić information content (AvgIpc) is 2.30. The first kappa shape index (κ1) is 12.2. The van der Waals surface area contributed by atoms with Crippen LogP contribution in [-0.4, -0.2) is 38.6 Å². The Kier molecular flexibility index (Phi) is 3.83. The second-order valence-corrected chi connectivity index (χ2v) is 5.21. The highest BCUT2D eigenvalue weighted by atomic mass is 32.2. The molecule has 1 fully saturated rings. The Morgan fingerprint density at radius 1 is 1.65 bits per heavy atom. The van der Waals surface area contributed by atoms with Crippen molar-refractivity contribution >= 4 is 23.7 Å². The molecule has 0 radical (unpaired) electrons. The lowest BCUT2D eigenvalue weighted by molar-refractivity contribution is 0.0695.